The van der Waals surface area contributed by atoms with Gasteiger partial charge in [-0.15, -0.1) is 11.3 Å². The smallest absolute Gasteiger partial charge is 0.244 e. The molecule has 1 N–H and O–H groups in total. The average Bonchev–Trinajstić information content (AvgIpc) is 3.41. The summed E-state index contributed by atoms with van der Waals surface area (Å²) in [7, 11) is 0. The number of carbonyl (C=O) groups excluding carboxylic acids is 1. The van der Waals surface area contributed by atoms with Crippen LogP contribution in [0, 0.1) is 6.92 Å². The van der Waals surface area contributed by atoms with Crippen LogP contribution in [0.5, 0.6) is 11.5 Å². The number of fused-ring (bicyclic) bond motifs is 1. The Morgan fingerprint density at radius 3 is 3.04 bits per heavy atom. The summed E-state index contributed by atoms with van der Waals surface area (Å²) in [5.74, 6) is 1.29. The van der Waals surface area contributed by atoms with Gasteiger partial charge in [-0.3, -0.25) is 9.48 Å². The SMILES string of the molecule is Cc1cc(-c2cccs2)nn1CCNC(=O)/C=C/c1ccc2c(c1)OCO2. The van der Waals surface area contributed by atoms with Gasteiger partial charge < -0.3 is 14.8 Å². The van der Waals surface area contributed by atoms with Crippen molar-refractivity contribution < 1.29 is 14.3 Å². The molecule has 0 saturated heterocycles. The number of amides is 1. The second kappa shape index (κ2) is 7.67. The van der Waals surface area contributed by atoms with Gasteiger partial charge in [0, 0.05) is 18.3 Å². The normalized spacial score (nSPS) is 12.6. The van der Waals surface area contributed by atoms with Gasteiger partial charge in [0.05, 0.1) is 11.4 Å². The summed E-state index contributed by atoms with van der Waals surface area (Å²) < 4.78 is 12.5. The van der Waals surface area contributed by atoms with Gasteiger partial charge in [0.2, 0.25) is 12.7 Å². The zero-order valence-electron chi connectivity index (χ0n) is 14.8. The first kappa shape index (κ1) is 17.4. The predicted octanol–water partition coefficient (Wildman–Crippen LogP) is 3.48. The first-order valence-electron chi connectivity index (χ1n) is 8.63. The molecule has 0 aliphatic carbocycles. The summed E-state index contributed by atoms with van der Waals surface area (Å²) in [6, 6.07) is 11.7. The minimum absolute atomic E-state index is 0.143. The molecule has 0 unspecified atom stereocenters. The number of thiophene rings is 1. The number of benzene rings is 1. The zero-order valence-corrected chi connectivity index (χ0v) is 15.7. The molecule has 1 aromatic carbocycles. The van der Waals surface area contributed by atoms with Gasteiger partial charge in [-0.2, -0.15) is 5.10 Å². The molecule has 0 saturated carbocycles. The van der Waals surface area contributed by atoms with Gasteiger partial charge in [-0.1, -0.05) is 12.1 Å². The Morgan fingerprint density at radius 2 is 2.19 bits per heavy atom. The van der Waals surface area contributed by atoms with E-state index in [1.54, 1.807) is 17.4 Å². The second-order valence-corrected chi connectivity index (χ2v) is 7.06. The highest BCUT2D eigenvalue weighted by molar-refractivity contribution is 7.13. The molecular formula is C20H19N3O3S. The highest BCUT2D eigenvalue weighted by atomic mass is 32.1. The van der Waals surface area contributed by atoms with Crippen LogP contribution in [0.4, 0.5) is 0 Å². The highest BCUT2D eigenvalue weighted by Gasteiger charge is 2.12. The lowest BCUT2D eigenvalue weighted by Crippen LogP contribution is -2.26. The van der Waals surface area contributed by atoms with Crippen LogP contribution in [0.25, 0.3) is 16.6 Å². The summed E-state index contributed by atoms with van der Waals surface area (Å²) in [5, 5.41) is 9.53. The van der Waals surface area contributed by atoms with Crippen molar-refractivity contribution in [3.63, 3.8) is 0 Å². The van der Waals surface area contributed by atoms with E-state index in [0.717, 1.165) is 27.6 Å². The molecule has 0 bridgehead atoms. The molecule has 0 fully saturated rings. The molecular weight excluding hydrogens is 362 g/mol. The second-order valence-electron chi connectivity index (χ2n) is 6.11. The molecule has 1 amide bonds. The summed E-state index contributed by atoms with van der Waals surface area (Å²) in [5.41, 5.74) is 2.93. The van der Waals surface area contributed by atoms with E-state index >= 15 is 0 Å². The molecule has 1 aliphatic heterocycles. The van der Waals surface area contributed by atoms with Gasteiger partial charge in [-0.25, -0.2) is 0 Å². The molecule has 0 atom stereocenters. The van der Waals surface area contributed by atoms with E-state index < -0.39 is 0 Å². The number of aryl methyl sites for hydroxylation is 1. The zero-order chi connectivity index (χ0) is 18.6. The number of ether oxygens (including phenoxy) is 2. The number of nitrogens with one attached hydrogen (secondary N) is 1. The molecule has 1 aliphatic rings. The van der Waals surface area contributed by atoms with Gasteiger partial charge >= 0.3 is 0 Å². The Labute approximate surface area is 161 Å². The van der Waals surface area contributed by atoms with Crippen molar-refractivity contribution in [2.24, 2.45) is 0 Å². The maximum Gasteiger partial charge on any atom is 0.244 e. The lowest BCUT2D eigenvalue weighted by Gasteiger charge is -2.05. The van der Waals surface area contributed by atoms with E-state index in [4.69, 9.17) is 9.47 Å². The Kier molecular flexibility index (Phi) is 4.93. The number of carbonyl (C=O) groups is 1. The fourth-order valence-corrected chi connectivity index (χ4v) is 3.50. The molecule has 7 heteroatoms. The standard InChI is InChI=1S/C20H19N3O3S/c1-14-11-16(19-3-2-10-27-19)22-23(14)9-8-21-20(24)7-5-15-4-6-17-18(12-15)26-13-25-17/h2-7,10-12H,8-9,13H2,1H3,(H,21,24)/b7-5+. The topological polar surface area (TPSA) is 65.4 Å². The average molecular weight is 381 g/mol. The van der Waals surface area contributed by atoms with Gasteiger partial charge in [0.15, 0.2) is 11.5 Å². The molecule has 4 rings (SSSR count). The van der Waals surface area contributed by atoms with E-state index in [-0.39, 0.29) is 12.7 Å². The lowest BCUT2D eigenvalue weighted by molar-refractivity contribution is -0.116. The van der Waals surface area contributed by atoms with Crippen molar-refractivity contribution in [1.29, 1.82) is 0 Å². The predicted molar refractivity (Wildman–Crippen MR) is 105 cm³/mol. The first-order valence-corrected chi connectivity index (χ1v) is 9.51. The number of rotatable bonds is 6. The van der Waals surface area contributed by atoms with Crippen LogP contribution < -0.4 is 14.8 Å². The number of hydrogen-bond acceptors (Lipinski definition) is 5. The fourth-order valence-electron chi connectivity index (χ4n) is 2.81. The maximum absolute atomic E-state index is 12.0. The van der Waals surface area contributed by atoms with Crippen molar-refractivity contribution in [3.05, 3.63) is 59.1 Å². The van der Waals surface area contributed by atoms with Gasteiger partial charge in [-0.05, 0) is 48.2 Å². The van der Waals surface area contributed by atoms with Crippen molar-refractivity contribution >= 4 is 23.3 Å². The van der Waals surface area contributed by atoms with E-state index in [2.05, 4.69) is 22.5 Å². The molecule has 0 spiro atoms. The molecule has 138 valence electrons. The lowest BCUT2D eigenvalue weighted by atomic mass is 10.2. The van der Waals surface area contributed by atoms with E-state index in [1.807, 2.05) is 41.3 Å². The quantitative estimate of drug-likeness (QED) is 0.664. The molecule has 0 radical (unpaired) electrons. The van der Waals surface area contributed by atoms with Crippen LogP contribution in [0.3, 0.4) is 0 Å². The van der Waals surface area contributed by atoms with Crippen LogP contribution in [0.1, 0.15) is 11.3 Å². The maximum atomic E-state index is 12.0. The summed E-state index contributed by atoms with van der Waals surface area (Å²) in [6.45, 7) is 3.40. The van der Waals surface area contributed by atoms with E-state index in [0.29, 0.717) is 18.8 Å². The van der Waals surface area contributed by atoms with Gasteiger partial charge in [0.25, 0.3) is 0 Å². The Bertz CT molecular complexity index is 977. The Hall–Kier alpha value is -3.06. The third-order valence-corrected chi connectivity index (χ3v) is 5.09. The molecule has 3 aromatic rings. The third kappa shape index (κ3) is 4.03. The minimum atomic E-state index is -0.143. The van der Waals surface area contributed by atoms with Crippen molar-refractivity contribution in [3.8, 4) is 22.1 Å². The Balaban J connectivity index is 1.30. The fraction of sp³-hybridized carbons (Fsp3) is 0.200. The van der Waals surface area contributed by atoms with E-state index in [9.17, 15) is 4.79 Å². The number of nitrogens with zero attached hydrogens (tertiary/aromatic N) is 2. The van der Waals surface area contributed by atoms with Crippen LogP contribution in [-0.2, 0) is 11.3 Å². The highest BCUT2D eigenvalue weighted by Crippen LogP contribution is 2.32. The monoisotopic (exact) mass is 381 g/mol. The third-order valence-electron chi connectivity index (χ3n) is 4.20. The van der Waals surface area contributed by atoms with Crippen molar-refractivity contribution in [1.82, 2.24) is 15.1 Å². The van der Waals surface area contributed by atoms with Crippen molar-refractivity contribution in [2.75, 3.05) is 13.3 Å². The largest absolute Gasteiger partial charge is 0.454 e. The van der Waals surface area contributed by atoms with Crippen molar-refractivity contribution in [2.45, 2.75) is 13.5 Å². The first-order chi connectivity index (χ1) is 13.2. The number of aromatic nitrogens is 2. The van der Waals surface area contributed by atoms with Crippen LogP contribution in [0.2, 0.25) is 0 Å². The molecule has 3 heterocycles. The van der Waals surface area contributed by atoms with Crippen LogP contribution >= 0.6 is 11.3 Å². The van der Waals surface area contributed by atoms with E-state index in [1.165, 1.54) is 6.08 Å². The summed E-state index contributed by atoms with van der Waals surface area (Å²) in [6.07, 6.45) is 3.27. The summed E-state index contributed by atoms with van der Waals surface area (Å²) >= 11 is 1.67. The van der Waals surface area contributed by atoms with Crippen LogP contribution in [0.15, 0.2) is 47.9 Å². The molecule has 2 aromatic heterocycles. The summed E-state index contributed by atoms with van der Waals surface area (Å²) in [4.78, 5) is 13.2. The minimum Gasteiger partial charge on any atom is -0.454 e. The molecule has 27 heavy (non-hydrogen) atoms. The Morgan fingerprint density at radius 1 is 1.30 bits per heavy atom. The van der Waals surface area contributed by atoms with Gasteiger partial charge in [0.1, 0.15) is 5.69 Å². The molecule has 6 nitrogen and oxygen atoms in total. The number of hydrogen-bond donors (Lipinski definition) is 1. The van der Waals surface area contributed by atoms with Crippen LogP contribution in [-0.4, -0.2) is 29.0 Å².